The summed E-state index contributed by atoms with van der Waals surface area (Å²) >= 11 is 0. The van der Waals surface area contributed by atoms with Gasteiger partial charge in [0, 0.05) is 6.54 Å². The van der Waals surface area contributed by atoms with Crippen molar-refractivity contribution in [2.45, 2.75) is 65.0 Å². The first kappa shape index (κ1) is 21.2. The lowest BCUT2D eigenvalue weighted by molar-refractivity contribution is -0.149. The second-order valence-corrected chi connectivity index (χ2v) is 9.15. The fourth-order valence-corrected chi connectivity index (χ4v) is 4.83. The maximum absolute atomic E-state index is 11.9. The van der Waals surface area contributed by atoms with Gasteiger partial charge in [-0.3, -0.25) is 9.69 Å². The van der Waals surface area contributed by atoms with Crippen molar-refractivity contribution < 1.29 is 14.3 Å². The van der Waals surface area contributed by atoms with E-state index >= 15 is 0 Å². The van der Waals surface area contributed by atoms with Crippen molar-refractivity contribution in [2.24, 2.45) is 11.8 Å². The van der Waals surface area contributed by atoms with Gasteiger partial charge in [0.1, 0.15) is 5.75 Å². The van der Waals surface area contributed by atoms with E-state index in [-0.39, 0.29) is 11.9 Å². The number of hydrogen-bond acceptors (Lipinski definition) is 4. The van der Waals surface area contributed by atoms with Crippen molar-refractivity contribution in [1.29, 1.82) is 0 Å². The smallest absolute Gasteiger partial charge is 0.309 e. The molecule has 0 radical (unpaired) electrons. The van der Waals surface area contributed by atoms with E-state index in [1.54, 1.807) is 0 Å². The average Bonchev–Trinajstić information content (AvgIpc) is 2.76. The highest BCUT2D eigenvalue weighted by Gasteiger charge is 2.26. The van der Waals surface area contributed by atoms with E-state index < -0.39 is 0 Å². The molecule has 0 bridgehead atoms. The molecule has 1 aliphatic heterocycles. The number of benzene rings is 2. The quantitative estimate of drug-likeness (QED) is 0.585. The van der Waals surface area contributed by atoms with Crippen LogP contribution in [-0.2, 0) is 16.1 Å². The topological polar surface area (TPSA) is 38.8 Å². The summed E-state index contributed by atoms with van der Waals surface area (Å²) in [5, 5.41) is 2.50. The number of hydrogen-bond donors (Lipinski definition) is 0. The number of ether oxygens (including phenoxy) is 2. The summed E-state index contributed by atoms with van der Waals surface area (Å²) < 4.78 is 11.4. The molecule has 0 amide bonds. The Morgan fingerprint density at radius 3 is 2.40 bits per heavy atom. The van der Waals surface area contributed by atoms with Crippen molar-refractivity contribution in [2.75, 3.05) is 19.7 Å². The van der Waals surface area contributed by atoms with E-state index in [4.69, 9.17) is 9.47 Å². The summed E-state index contributed by atoms with van der Waals surface area (Å²) in [6.07, 6.45) is 7.06. The molecule has 4 nitrogen and oxygen atoms in total. The van der Waals surface area contributed by atoms with Gasteiger partial charge in [0.25, 0.3) is 0 Å². The van der Waals surface area contributed by atoms with Gasteiger partial charge < -0.3 is 9.47 Å². The van der Waals surface area contributed by atoms with E-state index in [9.17, 15) is 4.79 Å². The molecule has 1 saturated heterocycles. The maximum atomic E-state index is 11.9. The van der Waals surface area contributed by atoms with Crippen molar-refractivity contribution >= 4 is 16.7 Å². The third-order valence-corrected chi connectivity index (χ3v) is 6.76. The third-order valence-electron chi connectivity index (χ3n) is 6.76. The van der Waals surface area contributed by atoms with Gasteiger partial charge in [-0.2, -0.15) is 0 Å². The Morgan fingerprint density at radius 1 is 0.967 bits per heavy atom. The Kier molecular flexibility index (Phi) is 6.93. The Bertz CT molecular complexity index is 848. The summed E-state index contributed by atoms with van der Waals surface area (Å²) in [6.45, 7) is 7.53. The summed E-state index contributed by atoms with van der Waals surface area (Å²) in [7, 11) is 0. The molecule has 2 aromatic carbocycles. The van der Waals surface area contributed by atoms with Gasteiger partial charge in [0.05, 0.1) is 18.6 Å². The molecular weight excluding hydrogens is 374 g/mol. The largest absolute Gasteiger partial charge is 0.490 e. The number of nitrogens with zero attached hydrogens (tertiary/aromatic N) is 1. The van der Waals surface area contributed by atoms with Crippen molar-refractivity contribution in [3.63, 3.8) is 0 Å². The van der Waals surface area contributed by atoms with Crippen LogP contribution in [-0.4, -0.2) is 36.7 Å². The molecular formula is C26H35NO3. The van der Waals surface area contributed by atoms with Crippen LogP contribution in [0.5, 0.6) is 5.75 Å². The zero-order chi connectivity index (χ0) is 20.9. The zero-order valence-corrected chi connectivity index (χ0v) is 18.4. The van der Waals surface area contributed by atoms with Crippen LogP contribution in [0.2, 0.25) is 0 Å². The Balaban J connectivity index is 1.33. The van der Waals surface area contributed by atoms with Gasteiger partial charge in [-0.15, -0.1) is 0 Å². The molecule has 1 saturated carbocycles. The summed E-state index contributed by atoms with van der Waals surface area (Å²) in [6, 6.07) is 13.2. The molecule has 1 heterocycles. The Morgan fingerprint density at radius 2 is 1.67 bits per heavy atom. The van der Waals surface area contributed by atoms with Gasteiger partial charge in [0.2, 0.25) is 0 Å². The molecule has 2 fully saturated rings. The second-order valence-electron chi connectivity index (χ2n) is 9.15. The molecule has 2 aliphatic rings. The van der Waals surface area contributed by atoms with E-state index in [1.165, 1.54) is 42.0 Å². The van der Waals surface area contributed by atoms with Gasteiger partial charge in [0.15, 0.2) is 0 Å². The normalized spacial score (nSPS) is 23.4. The highest BCUT2D eigenvalue weighted by Crippen LogP contribution is 2.29. The number of likely N-dealkylation sites (tertiary alicyclic amines) is 1. The highest BCUT2D eigenvalue weighted by atomic mass is 16.5. The van der Waals surface area contributed by atoms with Crippen molar-refractivity contribution in [1.82, 2.24) is 4.90 Å². The standard InChI is InChI=1S/C26H35NO3/c1-3-29-26(28)21-12-14-27(15-13-21)18-20-6-7-23-17-25(11-8-22(23)16-20)30-24-9-4-19(2)5-10-24/h6-8,11,16-17,19,21,24H,3-5,9-10,12-15,18H2,1-2H3. The molecule has 0 N–H and O–H groups in total. The zero-order valence-electron chi connectivity index (χ0n) is 18.4. The number of esters is 1. The molecule has 0 spiro atoms. The van der Waals surface area contributed by atoms with Crippen LogP contribution >= 0.6 is 0 Å². The monoisotopic (exact) mass is 409 g/mol. The van der Waals surface area contributed by atoms with E-state index in [0.717, 1.165) is 44.1 Å². The first-order chi connectivity index (χ1) is 14.6. The molecule has 30 heavy (non-hydrogen) atoms. The van der Waals surface area contributed by atoms with Crippen LogP contribution in [0.15, 0.2) is 36.4 Å². The maximum Gasteiger partial charge on any atom is 0.309 e. The minimum atomic E-state index is -0.0244. The SMILES string of the molecule is CCOC(=O)C1CCN(Cc2ccc3cc(OC4CCC(C)CC4)ccc3c2)CC1. The molecule has 4 heteroatoms. The predicted octanol–water partition coefficient (Wildman–Crippen LogP) is 5.57. The van der Waals surface area contributed by atoms with Crippen LogP contribution < -0.4 is 4.74 Å². The van der Waals surface area contributed by atoms with Gasteiger partial charge in [-0.05, 0) is 99.0 Å². The number of fused-ring (bicyclic) bond motifs is 1. The van der Waals surface area contributed by atoms with Crippen molar-refractivity contribution in [3.05, 3.63) is 42.0 Å². The average molecular weight is 410 g/mol. The van der Waals surface area contributed by atoms with Crippen LogP contribution in [0.1, 0.15) is 57.9 Å². The molecule has 0 aromatic heterocycles. The summed E-state index contributed by atoms with van der Waals surface area (Å²) in [4.78, 5) is 14.4. The second kappa shape index (κ2) is 9.82. The minimum Gasteiger partial charge on any atom is -0.490 e. The number of carbonyl (C=O) groups is 1. The molecule has 162 valence electrons. The van der Waals surface area contributed by atoms with Gasteiger partial charge >= 0.3 is 5.97 Å². The van der Waals surface area contributed by atoms with Gasteiger partial charge in [-0.25, -0.2) is 0 Å². The Hall–Kier alpha value is -2.07. The van der Waals surface area contributed by atoms with Crippen LogP contribution in [0.3, 0.4) is 0 Å². The highest BCUT2D eigenvalue weighted by molar-refractivity contribution is 5.84. The van der Waals surface area contributed by atoms with Crippen LogP contribution in [0, 0.1) is 11.8 Å². The lowest BCUT2D eigenvalue weighted by Crippen LogP contribution is -2.36. The molecule has 0 unspecified atom stereocenters. The number of piperidine rings is 1. The van der Waals surface area contributed by atoms with E-state index in [2.05, 4.69) is 48.2 Å². The summed E-state index contributed by atoms with van der Waals surface area (Å²) in [5.74, 6) is 1.89. The molecule has 0 atom stereocenters. The number of carbonyl (C=O) groups excluding carboxylic acids is 1. The minimum absolute atomic E-state index is 0.0244. The van der Waals surface area contributed by atoms with Crippen LogP contribution in [0.4, 0.5) is 0 Å². The lowest BCUT2D eigenvalue weighted by Gasteiger charge is -2.30. The third kappa shape index (κ3) is 5.34. The van der Waals surface area contributed by atoms with Crippen molar-refractivity contribution in [3.8, 4) is 5.75 Å². The van der Waals surface area contributed by atoms with E-state index in [0.29, 0.717) is 12.7 Å². The predicted molar refractivity (Wildman–Crippen MR) is 121 cm³/mol. The molecule has 1 aliphatic carbocycles. The Labute approximate surface area is 180 Å². The van der Waals surface area contributed by atoms with E-state index in [1.807, 2.05) is 6.92 Å². The first-order valence-electron chi connectivity index (χ1n) is 11.7. The number of rotatable bonds is 6. The van der Waals surface area contributed by atoms with Gasteiger partial charge in [-0.1, -0.05) is 25.1 Å². The summed E-state index contributed by atoms with van der Waals surface area (Å²) in [5.41, 5.74) is 1.33. The fourth-order valence-electron chi connectivity index (χ4n) is 4.83. The molecule has 2 aromatic rings. The molecule has 4 rings (SSSR count). The van der Waals surface area contributed by atoms with Crippen LogP contribution in [0.25, 0.3) is 10.8 Å². The first-order valence-corrected chi connectivity index (χ1v) is 11.7. The lowest BCUT2D eigenvalue weighted by atomic mass is 9.89. The fraction of sp³-hybridized carbons (Fsp3) is 0.577.